The van der Waals surface area contributed by atoms with Crippen molar-refractivity contribution in [2.24, 2.45) is 5.73 Å². The Labute approximate surface area is 106 Å². The van der Waals surface area contributed by atoms with Gasteiger partial charge in [0, 0.05) is 0 Å². The number of benzene rings is 2. The Balaban J connectivity index is 0.000000199. The highest BCUT2D eigenvalue weighted by Gasteiger charge is 1.98. The average molecular weight is 247 g/mol. The Hall–Kier alpha value is -2.20. The molecule has 0 heterocycles. The third kappa shape index (κ3) is 4.76. The first kappa shape index (κ1) is 13.9. The van der Waals surface area contributed by atoms with Crippen LogP contribution in [0.5, 0.6) is 17.2 Å². The number of nitrogens with two attached hydrogens (primary N) is 1. The number of para-hydroxylation sites is 1. The second-order valence-electron chi connectivity index (χ2n) is 3.70. The van der Waals surface area contributed by atoms with Gasteiger partial charge in [0.2, 0.25) is 0 Å². The number of phenols is 3. The van der Waals surface area contributed by atoms with E-state index >= 15 is 0 Å². The van der Waals surface area contributed by atoms with Crippen LogP contribution in [0.2, 0.25) is 0 Å². The van der Waals surface area contributed by atoms with Gasteiger partial charge in [-0.05, 0) is 42.8 Å². The van der Waals surface area contributed by atoms with Crippen molar-refractivity contribution in [1.29, 1.82) is 0 Å². The van der Waals surface area contributed by atoms with Gasteiger partial charge in [-0.15, -0.1) is 0 Å². The van der Waals surface area contributed by atoms with Crippen molar-refractivity contribution in [1.82, 2.24) is 0 Å². The molecule has 0 aliphatic carbocycles. The van der Waals surface area contributed by atoms with E-state index in [0.717, 1.165) is 5.56 Å². The highest BCUT2D eigenvalue weighted by atomic mass is 16.3. The van der Waals surface area contributed by atoms with E-state index in [4.69, 9.17) is 21.1 Å². The number of hydrogen-bond donors (Lipinski definition) is 4. The maximum Gasteiger partial charge on any atom is 0.157 e. The molecule has 0 spiro atoms. The van der Waals surface area contributed by atoms with Crippen LogP contribution in [0.1, 0.15) is 5.56 Å². The van der Waals surface area contributed by atoms with E-state index in [1.54, 1.807) is 30.3 Å². The summed E-state index contributed by atoms with van der Waals surface area (Å²) in [6.07, 6.45) is 0.716. The monoisotopic (exact) mass is 247 g/mol. The molecule has 0 unspecified atom stereocenters. The number of aromatic hydroxyl groups is 3. The van der Waals surface area contributed by atoms with Gasteiger partial charge in [0.15, 0.2) is 11.5 Å². The summed E-state index contributed by atoms with van der Waals surface area (Å²) in [5.74, 6) is 0.143. The molecule has 2 aromatic carbocycles. The summed E-state index contributed by atoms with van der Waals surface area (Å²) in [6, 6.07) is 13.4. The van der Waals surface area contributed by atoms with Crippen molar-refractivity contribution in [3.8, 4) is 17.2 Å². The second-order valence-corrected chi connectivity index (χ2v) is 3.70. The maximum absolute atomic E-state index is 9.04. The van der Waals surface area contributed by atoms with Crippen molar-refractivity contribution in [3.63, 3.8) is 0 Å². The molecule has 0 amide bonds. The minimum absolute atomic E-state index is 0.0871. The summed E-state index contributed by atoms with van der Waals surface area (Å²) in [6.45, 7) is 0.546. The standard InChI is InChI=1S/C8H11NO2.C6H6O/c9-4-3-6-1-2-7(10)8(11)5-6;7-6-4-2-1-3-5-6/h1-2,5,10-11H,3-4,9H2;1-5,7H. The van der Waals surface area contributed by atoms with Crippen LogP contribution in [-0.4, -0.2) is 21.9 Å². The van der Waals surface area contributed by atoms with E-state index in [0.29, 0.717) is 18.7 Å². The van der Waals surface area contributed by atoms with E-state index in [1.807, 2.05) is 6.07 Å². The van der Waals surface area contributed by atoms with E-state index in [2.05, 4.69) is 0 Å². The number of phenolic OH excluding ortho intramolecular Hbond substituents is 3. The summed E-state index contributed by atoms with van der Waals surface area (Å²) >= 11 is 0. The Kier molecular flexibility index (Phi) is 5.54. The molecule has 4 nitrogen and oxygen atoms in total. The fourth-order valence-electron chi connectivity index (χ4n) is 1.32. The molecule has 5 N–H and O–H groups in total. The molecular formula is C14H17NO3. The minimum Gasteiger partial charge on any atom is -0.508 e. The molecular weight excluding hydrogens is 230 g/mol. The summed E-state index contributed by atoms with van der Waals surface area (Å²) in [5, 5.41) is 26.6. The van der Waals surface area contributed by atoms with Crippen molar-refractivity contribution in [2.75, 3.05) is 6.54 Å². The molecule has 0 saturated heterocycles. The van der Waals surface area contributed by atoms with Crippen LogP contribution in [0, 0.1) is 0 Å². The van der Waals surface area contributed by atoms with Gasteiger partial charge in [-0.2, -0.15) is 0 Å². The SMILES string of the molecule is NCCc1ccc(O)c(O)c1.Oc1ccccc1. The van der Waals surface area contributed by atoms with E-state index in [9.17, 15) is 0 Å². The lowest BCUT2D eigenvalue weighted by Crippen LogP contribution is -2.02. The summed E-state index contributed by atoms with van der Waals surface area (Å²) in [5.41, 5.74) is 6.24. The highest BCUT2D eigenvalue weighted by molar-refractivity contribution is 5.40. The third-order valence-corrected chi connectivity index (χ3v) is 2.23. The molecule has 0 aliphatic heterocycles. The summed E-state index contributed by atoms with van der Waals surface area (Å²) in [4.78, 5) is 0. The van der Waals surface area contributed by atoms with Gasteiger partial charge in [0.1, 0.15) is 5.75 Å². The van der Waals surface area contributed by atoms with Crippen molar-refractivity contribution in [2.45, 2.75) is 6.42 Å². The lowest BCUT2D eigenvalue weighted by molar-refractivity contribution is 0.403. The molecule has 0 bridgehead atoms. The second kappa shape index (κ2) is 7.19. The Morgan fingerprint density at radius 2 is 1.50 bits per heavy atom. The predicted octanol–water partition coefficient (Wildman–Crippen LogP) is 1.99. The maximum atomic E-state index is 9.04. The lowest BCUT2D eigenvalue weighted by atomic mass is 10.1. The fourth-order valence-corrected chi connectivity index (χ4v) is 1.32. The van der Waals surface area contributed by atoms with Crippen LogP contribution < -0.4 is 5.73 Å². The largest absolute Gasteiger partial charge is 0.508 e. The van der Waals surface area contributed by atoms with Crippen molar-refractivity contribution >= 4 is 0 Å². The van der Waals surface area contributed by atoms with Gasteiger partial charge >= 0.3 is 0 Å². The Morgan fingerprint density at radius 1 is 0.833 bits per heavy atom. The first-order chi connectivity index (χ1) is 8.63. The molecule has 0 aromatic heterocycles. The molecule has 2 rings (SSSR count). The van der Waals surface area contributed by atoms with Crippen LogP contribution in [0.4, 0.5) is 0 Å². The Bertz CT molecular complexity index is 472. The average Bonchev–Trinajstić information content (AvgIpc) is 2.36. The third-order valence-electron chi connectivity index (χ3n) is 2.23. The van der Waals surface area contributed by atoms with Gasteiger partial charge in [-0.1, -0.05) is 24.3 Å². The smallest absolute Gasteiger partial charge is 0.157 e. The van der Waals surface area contributed by atoms with Gasteiger partial charge in [0.05, 0.1) is 0 Å². The zero-order valence-electron chi connectivity index (χ0n) is 9.95. The molecule has 4 heteroatoms. The van der Waals surface area contributed by atoms with E-state index < -0.39 is 0 Å². The van der Waals surface area contributed by atoms with E-state index in [-0.39, 0.29) is 11.5 Å². The van der Waals surface area contributed by atoms with Gasteiger partial charge in [-0.25, -0.2) is 0 Å². The fraction of sp³-hybridized carbons (Fsp3) is 0.143. The van der Waals surface area contributed by atoms with Crippen LogP contribution in [0.25, 0.3) is 0 Å². The quantitative estimate of drug-likeness (QED) is 0.611. The normalized spacial score (nSPS) is 9.39. The summed E-state index contributed by atoms with van der Waals surface area (Å²) < 4.78 is 0. The van der Waals surface area contributed by atoms with Gasteiger partial charge in [-0.3, -0.25) is 0 Å². The molecule has 96 valence electrons. The topological polar surface area (TPSA) is 86.7 Å². The van der Waals surface area contributed by atoms with Crippen LogP contribution in [-0.2, 0) is 6.42 Å². The van der Waals surface area contributed by atoms with Crippen LogP contribution in [0.15, 0.2) is 48.5 Å². The molecule has 2 aromatic rings. The lowest BCUT2D eigenvalue weighted by Gasteiger charge is -2.00. The highest BCUT2D eigenvalue weighted by Crippen LogP contribution is 2.24. The first-order valence-electron chi connectivity index (χ1n) is 5.58. The molecule has 0 atom stereocenters. The van der Waals surface area contributed by atoms with Crippen molar-refractivity contribution < 1.29 is 15.3 Å². The number of rotatable bonds is 2. The molecule has 18 heavy (non-hydrogen) atoms. The van der Waals surface area contributed by atoms with Gasteiger partial charge < -0.3 is 21.1 Å². The molecule has 0 fully saturated rings. The summed E-state index contributed by atoms with van der Waals surface area (Å²) in [7, 11) is 0. The van der Waals surface area contributed by atoms with Crippen molar-refractivity contribution in [3.05, 3.63) is 54.1 Å². The Morgan fingerprint density at radius 3 is 1.94 bits per heavy atom. The van der Waals surface area contributed by atoms with Crippen LogP contribution >= 0.6 is 0 Å². The molecule has 0 aliphatic rings. The van der Waals surface area contributed by atoms with Crippen LogP contribution in [0.3, 0.4) is 0 Å². The molecule has 0 radical (unpaired) electrons. The first-order valence-corrected chi connectivity index (χ1v) is 5.58. The predicted molar refractivity (Wildman–Crippen MR) is 70.6 cm³/mol. The van der Waals surface area contributed by atoms with Gasteiger partial charge in [0.25, 0.3) is 0 Å². The molecule has 0 saturated carbocycles. The number of hydrogen-bond acceptors (Lipinski definition) is 4. The zero-order chi connectivity index (χ0) is 13.4. The minimum atomic E-state index is -0.0919. The zero-order valence-corrected chi connectivity index (χ0v) is 9.95. The van der Waals surface area contributed by atoms with E-state index in [1.165, 1.54) is 12.1 Å².